The fourth-order valence-corrected chi connectivity index (χ4v) is 2.97. The van der Waals surface area contributed by atoms with Crippen molar-refractivity contribution in [3.63, 3.8) is 0 Å². The molecule has 0 amide bonds. The van der Waals surface area contributed by atoms with Gasteiger partial charge >= 0.3 is 5.97 Å². The minimum absolute atomic E-state index is 0.0777. The second kappa shape index (κ2) is 5.10. The lowest BCUT2D eigenvalue weighted by atomic mass is 10.2. The van der Waals surface area contributed by atoms with Gasteiger partial charge in [0.1, 0.15) is 12.1 Å². The number of nitrogens with one attached hydrogen (secondary N) is 1. The summed E-state index contributed by atoms with van der Waals surface area (Å²) in [5, 5.41) is 14.1. The number of rotatable bonds is 4. The molecule has 2 aromatic heterocycles. The van der Waals surface area contributed by atoms with Crippen LogP contribution >= 0.6 is 11.3 Å². The predicted molar refractivity (Wildman–Crippen MR) is 71.4 cm³/mol. The van der Waals surface area contributed by atoms with E-state index in [4.69, 9.17) is 9.84 Å². The number of carboxylic acids is 1. The molecule has 3 rings (SSSR count). The van der Waals surface area contributed by atoms with Gasteiger partial charge in [0, 0.05) is 6.54 Å². The molecule has 19 heavy (non-hydrogen) atoms. The molecule has 7 heteroatoms. The molecule has 0 saturated carbocycles. The lowest BCUT2D eigenvalue weighted by Crippen LogP contribution is -2.24. The minimum Gasteiger partial charge on any atom is -0.479 e. The Morgan fingerprint density at radius 1 is 1.53 bits per heavy atom. The van der Waals surface area contributed by atoms with Crippen LogP contribution in [-0.4, -0.2) is 39.8 Å². The van der Waals surface area contributed by atoms with Gasteiger partial charge in [-0.25, -0.2) is 14.8 Å². The van der Waals surface area contributed by atoms with Gasteiger partial charge in [-0.3, -0.25) is 0 Å². The van der Waals surface area contributed by atoms with Crippen molar-refractivity contribution in [3.8, 4) is 0 Å². The zero-order chi connectivity index (χ0) is 13.2. The monoisotopic (exact) mass is 279 g/mol. The molecule has 2 N–H and O–H groups in total. The molecule has 2 unspecified atom stereocenters. The van der Waals surface area contributed by atoms with E-state index >= 15 is 0 Å². The highest BCUT2D eigenvalue weighted by Gasteiger charge is 2.30. The first kappa shape index (κ1) is 12.3. The highest BCUT2D eigenvalue weighted by molar-refractivity contribution is 7.17. The molecular weight excluding hydrogens is 266 g/mol. The van der Waals surface area contributed by atoms with Crippen LogP contribution in [0.25, 0.3) is 10.2 Å². The van der Waals surface area contributed by atoms with Crippen LogP contribution in [0, 0.1) is 0 Å². The first-order chi connectivity index (χ1) is 9.24. The number of hydrogen-bond acceptors (Lipinski definition) is 6. The van der Waals surface area contributed by atoms with Gasteiger partial charge in [-0.2, -0.15) is 0 Å². The van der Waals surface area contributed by atoms with Crippen LogP contribution in [0.1, 0.15) is 12.8 Å². The zero-order valence-electron chi connectivity index (χ0n) is 10.1. The van der Waals surface area contributed by atoms with Crippen LogP contribution < -0.4 is 5.32 Å². The number of thiophene rings is 1. The van der Waals surface area contributed by atoms with Crippen LogP contribution in [-0.2, 0) is 9.53 Å². The van der Waals surface area contributed by atoms with Crippen molar-refractivity contribution in [2.45, 2.75) is 25.0 Å². The third kappa shape index (κ3) is 2.52. The molecule has 3 heterocycles. The summed E-state index contributed by atoms with van der Waals surface area (Å²) in [5.41, 5.74) is 0.915. The van der Waals surface area contributed by atoms with E-state index in [0.29, 0.717) is 13.0 Å². The summed E-state index contributed by atoms with van der Waals surface area (Å²) in [7, 11) is 0. The van der Waals surface area contributed by atoms with E-state index in [1.165, 1.54) is 6.33 Å². The van der Waals surface area contributed by atoms with Crippen LogP contribution in [0.15, 0.2) is 17.8 Å². The maximum atomic E-state index is 10.8. The van der Waals surface area contributed by atoms with Crippen LogP contribution in [0.3, 0.4) is 0 Å². The normalized spacial score (nSPS) is 22.7. The Morgan fingerprint density at radius 3 is 3.21 bits per heavy atom. The largest absolute Gasteiger partial charge is 0.479 e. The Hall–Kier alpha value is -1.73. The highest BCUT2D eigenvalue weighted by Crippen LogP contribution is 2.26. The van der Waals surface area contributed by atoms with E-state index in [1.807, 2.05) is 11.4 Å². The molecule has 0 spiro atoms. The number of aromatic nitrogens is 2. The van der Waals surface area contributed by atoms with Gasteiger partial charge in [-0.1, -0.05) is 0 Å². The topological polar surface area (TPSA) is 84.3 Å². The molecule has 0 aliphatic carbocycles. The van der Waals surface area contributed by atoms with E-state index in [0.717, 1.165) is 22.5 Å². The Morgan fingerprint density at radius 2 is 2.42 bits per heavy atom. The summed E-state index contributed by atoms with van der Waals surface area (Å²) in [4.78, 5) is 19.2. The average Bonchev–Trinajstić information content (AvgIpc) is 3.05. The third-order valence-electron chi connectivity index (χ3n) is 3.12. The average molecular weight is 279 g/mol. The van der Waals surface area contributed by atoms with Gasteiger partial charge in [0.05, 0.1) is 16.3 Å². The minimum atomic E-state index is -0.884. The Balaban J connectivity index is 1.64. The number of aliphatic carboxylic acids is 1. The lowest BCUT2D eigenvalue weighted by Gasteiger charge is -2.12. The van der Waals surface area contributed by atoms with E-state index in [2.05, 4.69) is 15.3 Å². The van der Waals surface area contributed by atoms with Crippen LogP contribution in [0.2, 0.25) is 0 Å². The van der Waals surface area contributed by atoms with Crippen LogP contribution in [0.5, 0.6) is 0 Å². The number of carboxylic acid groups (broad SMARTS) is 1. The summed E-state index contributed by atoms with van der Waals surface area (Å²) in [6.45, 7) is 0.563. The van der Waals surface area contributed by atoms with Crippen molar-refractivity contribution in [3.05, 3.63) is 17.8 Å². The second-order valence-electron chi connectivity index (χ2n) is 4.40. The smallest absolute Gasteiger partial charge is 0.332 e. The molecule has 1 aliphatic heterocycles. The molecule has 0 aromatic carbocycles. The molecule has 2 aromatic rings. The van der Waals surface area contributed by atoms with Crippen molar-refractivity contribution >= 4 is 33.3 Å². The summed E-state index contributed by atoms with van der Waals surface area (Å²) in [6.07, 6.45) is 2.10. The Bertz CT molecular complexity index is 601. The summed E-state index contributed by atoms with van der Waals surface area (Å²) in [5.74, 6) is -0.104. The first-order valence-electron chi connectivity index (χ1n) is 6.04. The van der Waals surface area contributed by atoms with Gasteiger partial charge in [-0.15, -0.1) is 11.3 Å². The van der Waals surface area contributed by atoms with Crippen molar-refractivity contribution in [2.75, 3.05) is 11.9 Å². The number of anilines is 1. The van der Waals surface area contributed by atoms with Crippen molar-refractivity contribution in [2.24, 2.45) is 0 Å². The summed E-state index contributed by atoms with van der Waals surface area (Å²) in [6, 6.07) is 1.94. The van der Waals surface area contributed by atoms with E-state index in [-0.39, 0.29) is 6.10 Å². The highest BCUT2D eigenvalue weighted by atomic mass is 32.1. The molecular formula is C12H13N3O3S. The number of hydrogen-bond donors (Lipinski definition) is 2. The number of carbonyl (C=O) groups is 1. The summed E-state index contributed by atoms with van der Waals surface area (Å²) < 4.78 is 6.45. The lowest BCUT2D eigenvalue weighted by molar-refractivity contribution is -0.149. The Labute approximate surface area is 113 Å². The fourth-order valence-electron chi connectivity index (χ4n) is 2.16. The summed E-state index contributed by atoms with van der Waals surface area (Å²) >= 11 is 1.58. The van der Waals surface area contributed by atoms with Gasteiger partial charge in [0.15, 0.2) is 6.10 Å². The number of nitrogens with zero attached hydrogens (tertiary/aromatic N) is 2. The second-order valence-corrected chi connectivity index (χ2v) is 5.32. The molecule has 6 nitrogen and oxygen atoms in total. The third-order valence-corrected chi connectivity index (χ3v) is 4.03. The molecule has 2 atom stereocenters. The quantitative estimate of drug-likeness (QED) is 0.886. The standard InChI is InChI=1S/C12H13N3O3S/c16-12(17)9-2-1-7(18-9)5-13-11-10-8(3-4-19-10)14-6-15-11/h3-4,6-7,9H,1-2,5H2,(H,16,17)(H,13,14,15). The van der Waals surface area contributed by atoms with E-state index < -0.39 is 12.1 Å². The van der Waals surface area contributed by atoms with Crippen molar-refractivity contribution in [1.82, 2.24) is 9.97 Å². The molecule has 0 bridgehead atoms. The van der Waals surface area contributed by atoms with Gasteiger partial charge < -0.3 is 15.2 Å². The number of fused-ring (bicyclic) bond motifs is 1. The van der Waals surface area contributed by atoms with Gasteiger partial charge in [0.2, 0.25) is 0 Å². The van der Waals surface area contributed by atoms with Crippen LogP contribution in [0.4, 0.5) is 5.82 Å². The zero-order valence-corrected chi connectivity index (χ0v) is 10.9. The molecule has 1 saturated heterocycles. The predicted octanol–water partition coefficient (Wildman–Crippen LogP) is 1.74. The number of ether oxygens (including phenoxy) is 1. The Kier molecular flexibility index (Phi) is 3.31. The van der Waals surface area contributed by atoms with E-state index in [1.54, 1.807) is 11.3 Å². The first-order valence-corrected chi connectivity index (χ1v) is 6.92. The SMILES string of the molecule is O=C(O)C1CCC(CNc2ncnc3ccsc23)O1. The molecule has 0 radical (unpaired) electrons. The maximum absolute atomic E-state index is 10.8. The fraction of sp³-hybridized carbons (Fsp3) is 0.417. The van der Waals surface area contributed by atoms with Gasteiger partial charge in [0.25, 0.3) is 0 Å². The van der Waals surface area contributed by atoms with E-state index in [9.17, 15) is 4.79 Å². The maximum Gasteiger partial charge on any atom is 0.332 e. The van der Waals surface area contributed by atoms with Crippen molar-refractivity contribution < 1.29 is 14.6 Å². The van der Waals surface area contributed by atoms with Crippen molar-refractivity contribution in [1.29, 1.82) is 0 Å². The molecule has 1 aliphatic rings. The molecule has 1 fully saturated rings. The van der Waals surface area contributed by atoms with Gasteiger partial charge in [-0.05, 0) is 24.3 Å². The molecule has 100 valence electrons.